The van der Waals surface area contributed by atoms with Crippen LogP contribution in [0.3, 0.4) is 0 Å². The van der Waals surface area contributed by atoms with Gasteiger partial charge in [0.2, 0.25) is 0 Å². The largest absolute Gasteiger partial charge is 0.481 e. The van der Waals surface area contributed by atoms with Crippen LogP contribution in [-0.2, 0) is 17.6 Å². The number of hydrogen-bond donors (Lipinski definition) is 1. The van der Waals surface area contributed by atoms with Gasteiger partial charge in [0.05, 0.1) is 6.67 Å². The molecule has 0 aliphatic carbocycles. The highest BCUT2D eigenvalue weighted by atomic mass is 19.1. The molecule has 0 radical (unpaired) electrons. The highest BCUT2D eigenvalue weighted by Gasteiger charge is 2.00. The van der Waals surface area contributed by atoms with Gasteiger partial charge >= 0.3 is 5.97 Å². The van der Waals surface area contributed by atoms with Gasteiger partial charge in [0.15, 0.2) is 0 Å². The summed E-state index contributed by atoms with van der Waals surface area (Å²) in [7, 11) is 0. The monoisotopic (exact) mass is 196 g/mol. The Morgan fingerprint density at radius 3 is 2.50 bits per heavy atom. The minimum atomic E-state index is -0.805. The Balaban J connectivity index is 2.58. The molecule has 0 fully saturated rings. The van der Waals surface area contributed by atoms with Crippen molar-refractivity contribution in [3.63, 3.8) is 0 Å². The quantitative estimate of drug-likeness (QED) is 0.784. The van der Waals surface area contributed by atoms with Crippen molar-refractivity contribution in [3.05, 3.63) is 35.4 Å². The van der Waals surface area contributed by atoms with E-state index in [1.165, 1.54) is 0 Å². The second kappa shape index (κ2) is 5.37. The fourth-order valence-electron chi connectivity index (χ4n) is 1.30. The molecular formula is C11H13FO2. The number of rotatable bonds is 5. The summed E-state index contributed by atoms with van der Waals surface area (Å²) in [5.41, 5.74) is 1.88. The number of carboxylic acid groups (broad SMARTS) is 1. The number of halogens is 1. The summed E-state index contributed by atoms with van der Waals surface area (Å²) in [4.78, 5) is 10.3. The third-order valence-electron chi connectivity index (χ3n) is 2.00. The van der Waals surface area contributed by atoms with Crippen molar-refractivity contribution in [2.24, 2.45) is 0 Å². The topological polar surface area (TPSA) is 37.3 Å². The van der Waals surface area contributed by atoms with Gasteiger partial charge in [-0.05, 0) is 17.5 Å². The van der Waals surface area contributed by atoms with Crippen molar-refractivity contribution < 1.29 is 14.3 Å². The Labute approximate surface area is 82.4 Å². The van der Waals surface area contributed by atoms with E-state index in [0.29, 0.717) is 12.8 Å². The summed E-state index contributed by atoms with van der Waals surface area (Å²) in [6.45, 7) is -0.373. The van der Waals surface area contributed by atoms with Crippen LogP contribution in [-0.4, -0.2) is 17.8 Å². The summed E-state index contributed by atoms with van der Waals surface area (Å²) in [6, 6.07) is 7.42. The van der Waals surface area contributed by atoms with E-state index in [1.54, 1.807) is 0 Å². The zero-order valence-electron chi connectivity index (χ0n) is 7.87. The molecule has 0 heterocycles. The first-order valence-electron chi connectivity index (χ1n) is 4.58. The molecule has 0 unspecified atom stereocenters. The molecule has 0 spiro atoms. The van der Waals surface area contributed by atoms with Gasteiger partial charge in [-0.3, -0.25) is 9.18 Å². The lowest BCUT2D eigenvalue weighted by molar-refractivity contribution is -0.136. The SMILES string of the molecule is O=C(O)CCc1cccc(CCF)c1. The number of aliphatic carboxylic acids is 1. The fourth-order valence-corrected chi connectivity index (χ4v) is 1.30. The molecule has 1 aromatic rings. The zero-order valence-corrected chi connectivity index (χ0v) is 7.87. The summed E-state index contributed by atoms with van der Waals surface area (Å²) < 4.78 is 12.0. The molecule has 14 heavy (non-hydrogen) atoms. The van der Waals surface area contributed by atoms with Gasteiger partial charge in [-0.2, -0.15) is 0 Å². The predicted octanol–water partition coefficient (Wildman–Crippen LogP) is 2.22. The summed E-state index contributed by atoms with van der Waals surface area (Å²) in [6.07, 6.45) is 1.04. The first-order chi connectivity index (χ1) is 6.72. The lowest BCUT2D eigenvalue weighted by Gasteiger charge is -2.01. The zero-order chi connectivity index (χ0) is 10.4. The van der Waals surface area contributed by atoms with Gasteiger partial charge in [-0.15, -0.1) is 0 Å². The minimum Gasteiger partial charge on any atom is -0.481 e. The van der Waals surface area contributed by atoms with E-state index in [9.17, 15) is 9.18 Å². The van der Waals surface area contributed by atoms with Crippen molar-refractivity contribution in [2.45, 2.75) is 19.3 Å². The molecule has 0 aliphatic rings. The Hall–Kier alpha value is -1.38. The van der Waals surface area contributed by atoms with Crippen LogP contribution in [0.15, 0.2) is 24.3 Å². The second-order valence-electron chi connectivity index (χ2n) is 3.15. The van der Waals surface area contributed by atoms with Crippen LogP contribution in [0.4, 0.5) is 4.39 Å². The maximum Gasteiger partial charge on any atom is 0.303 e. The third-order valence-corrected chi connectivity index (χ3v) is 2.00. The van der Waals surface area contributed by atoms with Crippen LogP contribution in [0.5, 0.6) is 0 Å². The average Bonchev–Trinajstić information content (AvgIpc) is 2.16. The van der Waals surface area contributed by atoms with Crippen molar-refractivity contribution in [1.82, 2.24) is 0 Å². The highest BCUT2D eigenvalue weighted by Crippen LogP contribution is 2.08. The van der Waals surface area contributed by atoms with Gasteiger partial charge in [0.25, 0.3) is 0 Å². The molecule has 0 aliphatic heterocycles. The number of benzene rings is 1. The van der Waals surface area contributed by atoms with Crippen molar-refractivity contribution >= 4 is 5.97 Å². The molecule has 3 heteroatoms. The summed E-state index contributed by atoms with van der Waals surface area (Å²) in [5.74, 6) is -0.805. The second-order valence-corrected chi connectivity index (χ2v) is 3.15. The van der Waals surface area contributed by atoms with E-state index >= 15 is 0 Å². The normalized spacial score (nSPS) is 10.1. The van der Waals surface area contributed by atoms with Gasteiger partial charge in [-0.25, -0.2) is 0 Å². The molecule has 1 aromatic carbocycles. The molecule has 0 amide bonds. The molecule has 0 atom stereocenters. The van der Waals surface area contributed by atoms with Crippen LogP contribution >= 0.6 is 0 Å². The first-order valence-corrected chi connectivity index (χ1v) is 4.58. The van der Waals surface area contributed by atoms with Crippen LogP contribution in [0.2, 0.25) is 0 Å². The molecule has 1 rings (SSSR count). The van der Waals surface area contributed by atoms with Crippen LogP contribution in [0.1, 0.15) is 17.5 Å². The van der Waals surface area contributed by atoms with E-state index in [4.69, 9.17) is 5.11 Å². The number of aryl methyl sites for hydroxylation is 2. The minimum absolute atomic E-state index is 0.124. The maximum atomic E-state index is 12.0. The smallest absolute Gasteiger partial charge is 0.303 e. The third kappa shape index (κ3) is 3.56. The van der Waals surface area contributed by atoms with E-state index in [2.05, 4.69) is 0 Å². The van der Waals surface area contributed by atoms with Crippen LogP contribution in [0, 0.1) is 0 Å². The maximum absolute atomic E-state index is 12.0. The van der Waals surface area contributed by atoms with E-state index < -0.39 is 5.97 Å². The molecule has 2 nitrogen and oxygen atoms in total. The van der Waals surface area contributed by atoms with Crippen molar-refractivity contribution in [3.8, 4) is 0 Å². The van der Waals surface area contributed by atoms with E-state index in [-0.39, 0.29) is 13.1 Å². The van der Waals surface area contributed by atoms with Gasteiger partial charge in [0, 0.05) is 12.8 Å². The molecule has 0 bridgehead atoms. The Morgan fingerprint density at radius 1 is 1.29 bits per heavy atom. The van der Waals surface area contributed by atoms with E-state index in [1.807, 2.05) is 24.3 Å². The van der Waals surface area contributed by atoms with Gasteiger partial charge < -0.3 is 5.11 Å². The van der Waals surface area contributed by atoms with Gasteiger partial charge in [0.1, 0.15) is 0 Å². The van der Waals surface area contributed by atoms with E-state index in [0.717, 1.165) is 11.1 Å². The number of hydrogen-bond acceptors (Lipinski definition) is 1. The first kappa shape index (κ1) is 10.7. The number of carbonyl (C=O) groups is 1. The molecule has 0 saturated carbocycles. The Kier molecular flexibility index (Phi) is 4.11. The molecule has 1 N–H and O–H groups in total. The number of alkyl halides is 1. The van der Waals surface area contributed by atoms with Gasteiger partial charge in [-0.1, -0.05) is 24.3 Å². The fraction of sp³-hybridized carbons (Fsp3) is 0.364. The van der Waals surface area contributed by atoms with Crippen LogP contribution < -0.4 is 0 Å². The molecule has 0 aromatic heterocycles. The standard InChI is InChI=1S/C11H13FO2/c12-7-6-10-3-1-2-9(8-10)4-5-11(13)14/h1-3,8H,4-7H2,(H,13,14). The molecule has 76 valence electrons. The van der Waals surface area contributed by atoms with Crippen molar-refractivity contribution in [1.29, 1.82) is 0 Å². The summed E-state index contributed by atoms with van der Waals surface area (Å²) >= 11 is 0. The Morgan fingerprint density at radius 2 is 1.93 bits per heavy atom. The van der Waals surface area contributed by atoms with Crippen LogP contribution in [0.25, 0.3) is 0 Å². The lowest BCUT2D eigenvalue weighted by Crippen LogP contribution is -1.98. The average molecular weight is 196 g/mol. The highest BCUT2D eigenvalue weighted by molar-refractivity contribution is 5.67. The summed E-state index contributed by atoms with van der Waals surface area (Å²) in [5, 5.41) is 8.49. The molecular weight excluding hydrogens is 183 g/mol. The number of carboxylic acids is 1. The lowest BCUT2D eigenvalue weighted by atomic mass is 10.1. The predicted molar refractivity (Wildman–Crippen MR) is 52.1 cm³/mol. The Bertz CT molecular complexity index is 310. The molecule has 0 saturated heterocycles. The van der Waals surface area contributed by atoms with Crippen molar-refractivity contribution in [2.75, 3.05) is 6.67 Å².